The standard InChI is InChI=1S/C11H14N4O/c1-8-5-11(15-16-8)7-12-6-10-3-4-13-9(2)14-10/h3-5,12H,6-7H2,1-2H3. The number of rotatable bonds is 4. The molecule has 0 saturated heterocycles. The lowest BCUT2D eigenvalue weighted by molar-refractivity contribution is 0.388. The summed E-state index contributed by atoms with van der Waals surface area (Å²) in [7, 11) is 0. The summed E-state index contributed by atoms with van der Waals surface area (Å²) in [6.45, 7) is 5.14. The molecule has 84 valence electrons. The Morgan fingerprint density at radius 2 is 2.06 bits per heavy atom. The summed E-state index contributed by atoms with van der Waals surface area (Å²) in [4.78, 5) is 8.34. The molecule has 0 saturated carbocycles. The number of aryl methyl sites for hydroxylation is 2. The van der Waals surface area contributed by atoms with Crippen LogP contribution in [0.3, 0.4) is 0 Å². The number of aromatic nitrogens is 3. The van der Waals surface area contributed by atoms with Crippen LogP contribution in [0.2, 0.25) is 0 Å². The third kappa shape index (κ3) is 2.87. The van der Waals surface area contributed by atoms with Gasteiger partial charge in [0.15, 0.2) is 0 Å². The van der Waals surface area contributed by atoms with Crippen molar-refractivity contribution in [2.24, 2.45) is 0 Å². The van der Waals surface area contributed by atoms with E-state index in [1.807, 2.05) is 26.0 Å². The van der Waals surface area contributed by atoms with E-state index >= 15 is 0 Å². The summed E-state index contributed by atoms with van der Waals surface area (Å²) in [5.41, 5.74) is 1.89. The van der Waals surface area contributed by atoms with E-state index in [0.717, 1.165) is 23.0 Å². The van der Waals surface area contributed by atoms with Gasteiger partial charge in [0.1, 0.15) is 11.6 Å². The first kappa shape index (κ1) is 10.8. The molecule has 5 nitrogen and oxygen atoms in total. The molecule has 0 radical (unpaired) electrons. The second kappa shape index (κ2) is 4.85. The largest absolute Gasteiger partial charge is 0.361 e. The molecule has 2 aromatic heterocycles. The molecule has 0 aliphatic heterocycles. The fourth-order valence-electron chi connectivity index (χ4n) is 1.42. The molecule has 0 aromatic carbocycles. The van der Waals surface area contributed by atoms with Gasteiger partial charge in [-0.1, -0.05) is 5.16 Å². The lowest BCUT2D eigenvalue weighted by Gasteiger charge is -2.01. The van der Waals surface area contributed by atoms with Crippen LogP contribution in [0.15, 0.2) is 22.9 Å². The molecular formula is C11H14N4O. The van der Waals surface area contributed by atoms with E-state index in [9.17, 15) is 0 Å². The van der Waals surface area contributed by atoms with E-state index in [2.05, 4.69) is 20.4 Å². The van der Waals surface area contributed by atoms with Crippen LogP contribution in [0.25, 0.3) is 0 Å². The molecule has 1 N–H and O–H groups in total. The first-order valence-electron chi connectivity index (χ1n) is 5.15. The summed E-state index contributed by atoms with van der Waals surface area (Å²) >= 11 is 0. The van der Waals surface area contributed by atoms with Crippen molar-refractivity contribution < 1.29 is 4.52 Å². The maximum absolute atomic E-state index is 4.97. The zero-order valence-electron chi connectivity index (χ0n) is 9.40. The van der Waals surface area contributed by atoms with Gasteiger partial charge in [-0.25, -0.2) is 9.97 Å². The lowest BCUT2D eigenvalue weighted by atomic mass is 10.3. The van der Waals surface area contributed by atoms with Crippen LogP contribution < -0.4 is 5.32 Å². The van der Waals surface area contributed by atoms with Gasteiger partial charge in [0, 0.05) is 25.4 Å². The highest BCUT2D eigenvalue weighted by Gasteiger charge is 2.00. The van der Waals surface area contributed by atoms with E-state index in [-0.39, 0.29) is 0 Å². The Kier molecular flexibility index (Phi) is 3.26. The maximum atomic E-state index is 4.97. The molecule has 2 rings (SSSR count). The van der Waals surface area contributed by atoms with Crippen molar-refractivity contribution in [1.82, 2.24) is 20.4 Å². The van der Waals surface area contributed by atoms with Crippen LogP contribution in [-0.4, -0.2) is 15.1 Å². The van der Waals surface area contributed by atoms with Crippen molar-refractivity contribution in [2.75, 3.05) is 0 Å². The van der Waals surface area contributed by atoms with Gasteiger partial charge >= 0.3 is 0 Å². The van der Waals surface area contributed by atoms with Crippen molar-refractivity contribution in [3.05, 3.63) is 41.3 Å². The van der Waals surface area contributed by atoms with Crippen LogP contribution in [0.1, 0.15) is 23.0 Å². The van der Waals surface area contributed by atoms with E-state index in [0.29, 0.717) is 13.1 Å². The van der Waals surface area contributed by atoms with Crippen LogP contribution >= 0.6 is 0 Å². The summed E-state index contributed by atoms with van der Waals surface area (Å²) in [6, 6.07) is 3.81. The number of nitrogens with one attached hydrogen (secondary N) is 1. The molecule has 0 unspecified atom stereocenters. The molecule has 0 aliphatic rings. The summed E-state index contributed by atoms with van der Waals surface area (Å²) < 4.78 is 4.97. The maximum Gasteiger partial charge on any atom is 0.133 e. The molecule has 0 fully saturated rings. The molecule has 2 heterocycles. The smallest absolute Gasteiger partial charge is 0.133 e. The number of hydrogen-bond acceptors (Lipinski definition) is 5. The summed E-state index contributed by atoms with van der Waals surface area (Å²) in [6.07, 6.45) is 1.76. The first-order chi connectivity index (χ1) is 7.74. The van der Waals surface area contributed by atoms with Gasteiger partial charge in [0.2, 0.25) is 0 Å². The van der Waals surface area contributed by atoms with Gasteiger partial charge < -0.3 is 9.84 Å². The Morgan fingerprint density at radius 1 is 1.25 bits per heavy atom. The van der Waals surface area contributed by atoms with Crippen molar-refractivity contribution >= 4 is 0 Å². The Morgan fingerprint density at radius 3 is 2.75 bits per heavy atom. The average Bonchev–Trinajstić information content (AvgIpc) is 2.64. The first-order valence-corrected chi connectivity index (χ1v) is 5.15. The minimum absolute atomic E-state index is 0.681. The second-order valence-corrected chi connectivity index (χ2v) is 3.63. The topological polar surface area (TPSA) is 63.8 Å². The molecule has 0 spiro atoms. The van der Waals surface area contributed by atoms with E-state index < -0.39 is 0 Å². The highest BCUT2D eigenvalue weighted by Crippen LogP contribution is 2.01. The second-order valence-electron chi connectivity index (χ2n) is 3.63. The van der Waals surface area contributed by atoms with E-state index in [1.54, 1.807) is 6.20 Å². The lowest BCUT2D eigenvalue weighted by Crippen LogP contribution is -2.14. The fourth-order valence-corrected chi connectivity index (χ4v) is 1.42. The van der Waals surface area contributed by atoms with Crippen LogP contribution in [0.5, 0.6) is 0 Å². The Labute approximate surface area is 93.9 Å². The predicted molar refractivity (Wildman–Crippen MR) is 58.6 cm³/mol. The number of hydrogen-bond donors (Lipinski definition) is 1. The molecule has 0 amide bonds. The summed E-state index contributed by atoms with van der Waals surface area (Å²) in [5, 5.41) is 7.14. The van der Waals surface area contributed by atoms with E-state index in [1.165, 1.54) is 0 Å². The quantitative estimate of drug-likeness (QED) is 0.839. The van der Waals surface area contributed by atoms with E-state index in [4.69, 9.17) is 4.52 Å². The van der Waals surface area contributed by atoms with Crippen molar-refractivity contribution in [3.63, 3.8) is 0 Å². The van der Waals surface area contributed by atoms with Gasteiger partial charge in [-0.3, -0.25) is 0 Å². The summed E-state index contributed by atoms with van der Waals surface area (Å²) in [5.74, 6) is 1.62. The third-order valence-electron chi connectivity index (χ3n) is 2.12. The molecule has 5 heteroatoms. The SMILES string of the molecule is Cc1nccc(CNCc2cc(C)on2)n1. The zero-order valence-corrected chi connectivity index (χ0v) is 9.40. The molecule has 0 bridgehead atoms. The highest BCUT2D eigenvalue weighted by atomic mass is 16.5. The molecule has 0 aliphatic carbocycles. The van der Waals surface area contributed by atoms with Crippen molar-refractivity contribution in [3.8, 4) is 0 Å². The third-order valence-corrected chi connectivity index (χ3v) is 2.12. The van der Waals surface area contributed by atoms with Gasteiger partial charge in [-0.15, -0.1) is 0 Å². The molecule has 16 heavy (non-hydrogen) atoms. The molecule has 2 aromatic rings. The predicted octanol–water partition coefficient (Wildman–Crippen LogP) is 1.37. The minimum Gasteiger partial charge on any atom is -0.361 e. The number of nitrogens with zero attached hydrogens (tertiary/aromatic N) is 3. The molecular weight excluding hydrogens is 204 g/mol. The zero-order chi connectivity index (χ0) is 11.4. The van der Waals surface area contributed by atoms with Crippen molar-refractivity contribution in [1.29, 1.82) is 0 Å². The Bertz CT molecular complexity index is 467. The normalized spacial score (nSPS) is 10.6. The minimum atomic E-state index is 0.681. The monoisotopic (exact) mass is 218 g/mol. The fraction of sp³-hybridized carbons (Fsp3) is 0.364. The Balaban J connectivity index is 1.84. The van der Waals surface area contributed by atoms with Gasteiger partial charge in [-0.05, 0) is 19.9 Å². The van der Waals surface area contributed by atoms with Crippen LogP contribution in [-0.2, 0) is 13.1 Å². The van der Waals surface area contributed by atoms with Crippen molar-refractivity contribution in [2.45, 2.75) is 26.9 Å². The van der Waals surface area contributed by atoms with Gasteiger partial charge in [0.25, 0.3) is 0 Å². The van der Waals surface area contributed by atoms with Crippen LogP contribution in [0.4, 0.5) is 0 Å². The highest BCUT2D eigenvalue weighted by molar-refractivity contribution is 5.04. The van der Waals surface area contributed by atoms with Gasteiger partial charge in [-0.2, -0.15) is 0 Å². The Hall–Kier alpha value is -1.75. The van der Waals surface area contributed by atoms with Crippen LogP contribution in [0, 0.1) is 13.8 Å². The molecule has 0 atom stereocenters. The van der Waals surface area contributed by atoms with Gasteiger partial charge in [0.05, 0.1) is 11.4 Å². The average molecular weight is 218 g/mol.